The van der Waals surface area contributed by atoms with Crippen molar-refractivity contribution in [2.45, 2.75) is 37.6 Å². The molecular weight excluding hydrogens is 256 g/mol. The van der Waals surface area contributed by atoms with Crippen molar-refractivity contribution in [3.63, 3.8) is 0 Å². The van der Waals surface area contributed by atoms with E-state index in [1.807, 2.05) is 20.8 Å². The lowest BCUT2D eigenvalue weighted by atomic mass is 10.1. The summed E-state index contributed by atoms with van der Waals surface area (Å²) in [7, 11) is -3.58. The third-order valence-electron chi connectivity index (χ3n) is 1.94. The Kier molecular flexibility index (Phi) is 4.47. The Morgan fingerprint density at radius 3 is 2.61 bits per heavy atom. The SMILES string of the molecule is CC(C)(C)NC(=O)CCNS(=O)(=O)c1cn[nH]c1. The van der Waals surface area contributed by atoms with E-state index in [-0.39, 0.29) is 29.3 Å². The van der Waals surface area contributed by atoms with Crippen molar-refractivity contribution >= 4 is 15.9 Å². The average Bonchev–Trinajstić information content (AvgIpc) is 2.66. The lowest BCUT2D eigenvalue weighted by molar-refractivity contribution is -0.122. The molecule has 3 N–H and O–H groups in total. The third-order valence-corrected chi connectivity index (χ3v) is 3.37. The highest BCUT2D eigenvalue weighted by atomic mass is 32.2. The Labute approximate surface area is 106 Å². The molecule has 8 heteroatoms. The van der Waals surface area contributed by atoms with Crippen molar-refractivity contribution in [2.24, 2.45) is 0 Å². The van der Waals surface area contributed by atoms with Crippen LogP contribution in [0.25, 0.3) is 0 Å². The highest BCUT2D eigenvalue weighted by Crippen LogP contribution is 2.04. The molecule has 18 heavy (non-hydrogen) atoms. The molecule has 102 valence electrons. The van der Waals surface area contributed by atoms with Crippen molar-refractivity contribution in [1.82, 2.24) is 20.2 Å². The number of carbonyl (C=O) groups is 1. The Bertz CT molecular complexity index is 488. The highest BCUT2D eigenvalue weighted by Gasteiger charge is 2.17. The van der Waals surface area contributed by atoms with Gasteiger partial charge in [-0.1, -0.05) is 0 Å². The molecule has 1 aromatic heterocycles. The smallest absolute Gasteiger partial charge is 0.243 e. The first kappa shape index (κ1) is 14.7. The molecule has 1 amide bonds. The van der Waals surface area contributed by atoms with E-state index < -0.39 is 10.0 Å². The molecule has 0 aromatic carbocycles. The Morgan fingerprint density at radius 1 is 1.44 bits per heavy atom. The number of hydrogen-bond acceptors (Lipinski definition) is 4. The van der Waals surface area contributed by atoms with Gasteiger partial charge in [-0.05, 0) is 20.8 Å². The van der Waals surface area contributed by atoms with Gasteiger partial charge in [0, 0.05) is 24.7 Å². The zero-order valence-electron chi connectivity index (χ0n) is 10.6. The number of nitrogens with zero attached hydrogens (tertiary/aromatic N) is 1. The second-order valence-corrected chi connectivity index (χ2v) is 6.65. The summed E-state index contributed by atoms with van der Waals surface area (Å²) in [6, 6.07) is 0. The second-order valence-electron chi connectivity index (χ2n) is 4.88. The average molecular weight is 274 g/mol. The van der Waals surface area contributed by atoms with Crippen molar-refractivity contribution < 1.29 is 13.2 Å². The minimum Gasteiger partial charge on any atom is -0.351 e. The fourth-order valence-corrected chi connectivity index (χ4v) is 2.19. The van der Waals surface area contributed by atoms with Gasteiger partial charge in [0.15, 0.2) is 0 Å². The first-order valence-corrected chi connectivity index (χ1v) is 6.98. The first-order valence-electron chi connectivity index (χ1n) is 5.50. The molecule has 0 aliphatic carbocycles. The first-order chi connectivity index (χ1) is 8.21. The maximum absolute atomic E-state index is 11.7. The number of rotatable bonds is 5. The molecule has 0 fully saturated rings. The van der Waals surface area contributed by atoms with E-state index in [0.29, 0.717) is 0 Å². The Balaban J connectivity index is 2.41. The van der Waals surface area contributed by atoms with Gasteiger partial charge >= 0.3 is 0 Å². The number of amides is 1. The van der Waals surface area contributed by atoms with Crippen LogP contribution in [0.2, 0.25) is 0 Å². The normalized spacial score (nSPS) is 12.4. The summed E-state index contributed by atoms with van der Waals surface area (Å²) in [5.74, 6) is -0.197. The molecule has 0 atom stereocenters. The largest absolute Gasteiger partial charge is 0.351 e. The lowest BCUT2D eigenvalue weighted by Crippen LogP contribution is -2.41. The summed E-state index contributed by atoms with van der Waals surface area (Å²) in [6.45, 7) is 5.64. The van der Waals surface area contributed by atoms with Gasteiger partial charge in [-0.25, -0.2) is 13.1 Å². The van der Waals surface area contributed by atoms with E-state index in [1.54, 1.807) is 0 Å². The number of H-pyrrole nitrogens is 1. The predicted molar refractivity (Wildman–Crippen MR) is 66.3 cm³/mol. The van der Waals surface area contributed by atoms with Gasteiger partial charge in [-0.2, -0.15) is 5.10 Å². The van der Waals surface area contributed by atoms with Gasteiger partial charge in [0.05, 0.1) is 6.20 Å². The molecule has 1 heterocycles. The number of carbonyl (C=O) groups excluding carboxylic acids is 1. The van der Waals surface area contributed by atoms with Gasteiger partial charge in [0.2, 0.25) is 15.9 Å². The topological polar surface area (TPSA) is 104 Å². The molecule has 0 radical (unpaired) electrons. The van der Waals surface area contributed by atoms with Crippen molar-refractivity contribution in [3.05, 3.63) is 12.4 Å². The van der Waals surface area contributed by atoms with Crippen LogP contribution in [-0.2, 0) is 14.8 Å². The minimum absolute atomic E-state index is 0.0510. The van der Waals surface area contributed by atoms with E-state index in [2.05, 4.69) is 20.2 Å². The molecule has 0 saturated heterocycles. The van der Waals surface area contributed by atoms with Crippen LogP contribution in [0.1, 0.15) is 27.2 Å². The summed E-state index contributed by atoms with van der Waals surface area (Å²) in [5.41, 5.74) is -0.319. The number of sulfonamides is 1. The number of aromatic amines is 1. The van der Waals surface area contributed by atoms with Gasteiger partial charge in [-0.15, -0.1) is 0 Å². The zero-order chi connectivity index (χ0) is 13.8. The zero-order valence-corrected chi connectivity index (χ0v) is 11.5. The van der Waals surface area contributed by atoms with E-state index in [9.17, 15) is 13.2 Å². The Morgan fingerprint density at radius 2 is 2.11 bits per heavy atom. The Hall–Kier alpha value is -1.41. The molecule has 0 saturated carbocycles. The molecule has 0 aliphatic heterocycles. The van der Waals surface area contributed by atoms with Crippen LogP contribution in [0, 0.1) is 0 Å². The summed E-state index contributed by atoms with van der Waals surface area (Å²) < 4.78 is 25.6. The van der Waals surface area contributed by atoms with Crippen molar-refractivity contribution in [2.75, 3.05) is 6.54 Å². The van der Waals surface area contributed by atoms with E-state index >= 15 is 0 Å². The van der Waals surface area contributed by atoms with E-state index in [1.165, 1.54) is 12.4 Å². The van der Waals surface area contributed by atoms with E-state index in [0.717, 1.165) is 0 Å². The molecule has 1 rings (SSSR count). The fraction of sp³-hybridized carbons (Fsp3) is 0.600. The molecule has 7 nitrogen and oxygen atoms in total. The monoisotopic (exact) mass is 274 g/mol. The molecular formula is C10H18N4O3S. The van der Waals surface area contributed by atoms with Crippen LogP contribution in [0.15, 0.2) is 17.3 Å². The van der Waals surface area contributed by atoms with Crippen LogP contribution in [0.3, 0.4) is 0 Å². The number of hydrogen-bond donors (Lipinski definition) is 3. The maximum Gasteiger partial charge on any atom is 0.243 e. The second kappa shape index (κ2) is 5.49. The molecule has 0 spiro atoms. The summed E-state index contributed by atoms with van der Waals surface area (Å²) in [6.07, 6.45) is 2.57. The van der Waals surface area contributed by atoms with E-state index in [4.69, 9.17) is 0 Å². The van der Waals surface area contributed by atoms with Crippen LogP contribution in [-0.4, -0.2) is 36.6 Å². The fourth-order valence-electron chi connectivity index (χ4n) is 1.25. The van der Waals surface area contributed by atoms with Crippen LogP contribution in [0.5, 0.6) is 0 Å². The molecule has 1 aromatic rings. The molecule has 0 unspecified atom stereocenters. The summed E-state index contributed by atoms with van der Waals surface area (Å²) in [5, 5.41) is 8.72. The molecule has 0 bridgehead atoms. The molecule has 0 aliphatic rings. The van der Waals surface area contributed by atoms with Gasteiger partial charge in [-0.3, -0.25) is 9.89 Å². The van der Waals surface area contributed by atoms with Crippen LogP contribution in [0.4, 0.5) is 0 Å². The van der Waals surface area contributed by atoms with Gasteiger partial charge in [0.1, 0.15) is 4.90 Å². The minimum atomic E-state index is -3.58. The van der Waals surface area contributed by atoms with Gasteiger partial charge < -0.3 is 5.32 Å². The maximum atomic E-state index is 11.7. The number of nitrogens with one attached hydrogen (secondary N) is 3. The third kappa shape index (κ3) is 4.84. The van der Waals surface area contributed by atoms with Crippen molar-refractivity contribution in [3.8, 4) is 0 Å². The lowest BCUT2D eigenvalue weighted by Gasteiger charge is -2.20. The van der Waals surface area contributed by atoms with Gasteiger partial charge in [0.25, 0.3) is 0 Å². The predicted octanol–water partition coefficient (Wildman–Crippen LogP) is -0.00720. The van der Waals surface area contributed by atoms with Crippen molar-refractivity contribution in [1.29, 1.82) is 0 Å². The standard InChI is InChI=1S/C10H18N4O3S/c1-10(2,3)14-9(15)4-5-13-18(16,17)8-6-11-12-7-8/h6-7,13H,4-5H2,1-3H3,(H,11,12)(H,14,15). The van der Waals surface area contributed by atoms with Crippen LogP contribution < -0.4 is 10.0 Å². The highest BCUT2D eigenvalue weighted by molar-refractivity contribution is 7.89. The quantitative estimate of drug-likeness (QED) is 0.702. The number of aromatic nitrogens is 2. The van der Waals surface area contributed by atoms with Crippen LogP contribution >= 0.6 is 0 Å². The summed E-state index contributed by atoms with van der Waals surface area (Å²) in [4.78, 5) is 11.5. The summed E-state index contributed by atoms with van der Waals surface area (Å²) >= 11 is 0.